The van der Waals surface area contributed by atoms with E-state index in [0.717, 1.165) is 16.5 Å². The molecule has 0 aliphatic carbocycles. The van der Waals surface area contributed by atoms with Crippen LogP contribution in [-0.2, 0) is 25.5 Å². The minimum absolute atomic E-state index is 0.0353. The standard InChI is InChI=1S/C40H45N3O8/c1-24-10-9-13-28(44)12-6-4-5-11-26-21-34(45)37(38(47)36(26)40(49)51-24)31(25-16-18-29(50-3)19-17-25)22-35(46)43-33(39(48)41-2)20-27-23-42-32-15-8-7-14-30(27)32/h5,7-8,11,14-19,21,23-24,31,33,42,45,47H,4,6,9-10,12-13,20,22H2,1-3H3,(H,41,48)(H,43,46). The van der Waals surface area contributed by atoms with Gasteiger partial charge in [-0.1, -0.05) is 42.5 Å². The van der Waals surface area contributed by atoms with E-state index in [0.29, 0.717) is 49.8 Å². The number of nitrogens with one attached hydrogen (secondary N) is 3. The number of allylic oxidation sites excluding steroid dienone is 1. The largest absolute Gasteiger partial charge is 0.507 e. The average Bonchev–Trinajstić information content (AvgIpc) is 3.52. The predicted molar refractivity (Wildman–Crippen MR) is 194 cm³/mol. The maximum absolute atomic E-state index is 13.9. The first-order chi connectivity index (χ1) is 24.6. The van der Waals surface area contributed by atoms with Gasteiger partial charge in [0.25, 0.3) is 0 Å². The van der Waals surface area contributed by atoms with Crippen molar-refractivity contribution in [2.45, 2.75) is 76.4 Å². The van der Waals surface area contributed by atoms with E-state index in [-0.39, 0.29) is 47.0 Å². The van der Waals surface area contributed by atoms with Gasteiger partial charge in [0.15, 0.2) is 0 Å². The van der Waals surface area contributed by atoms with Gasteiger partial charge in [-0.3, -0.25) is 14.4 Å². The molecule has 11 heteroatoms. The number of methoxy groups -OCH3 is 1. The van der Waals surface area contributed by atoms with Crippen LogP contribution in [0.1, 0.15) is 90.4 Å². The summed E-state index contributed by atoms with van der Waals surface area (Å²) in [5.74, 6) is -2.77. The van der Waals surface area contributed by atoms with Gasteiger partial charge >= 0.3 is 5.97 Å². The number of esters is 1. The van der Waals surface area contributed by atoms with Crippen molar-refractivity contribution in [3.63, 3.8) is 0 Å². The number of para-hydroxylation sites is 1. The van der Waals surface area contributed by atoms with E-state index in [2.05, 4.69) is 15.6 Å². The van der Waals surface area contributed by atoms with Gasteiger partial charge in [-0.15, -0.1) is 0 Å². The molecule has 3 aromatic carbocycles. The first-order valence-electron chi connectivity index (χ1n) is 17.3. The summed E-state index contributed by atoms with van der Waals surface area (Å²) in [6.07, 6.45) is 7.66. The highest BCUT2D eigenvalue weighted by Crippen LogP contribution is 2.44. The van der Waals surface area contributed by atoms with Crippen LogP contribution in [0, 0.1) is 0 Å². The Balaban J connectivity index is 1.52. The number of cyclic esters (lactones) is 1. The Labute approximate surface area is 297 Å². The number of carbonyl (C=O) groups excluding carboxylic acids is 4. The van der Waals surface area contributed by atoms with Crippen LogP contribution >= 0.6 is 0 Å². The molecular formula is C40H45N3O8. The van der Waals surface area contributed by atoms with Crippen molar-refractivity contribution < 1.29 is 38.9 Å². The number of hydrogen-bond acceptors (Lipinski definition) is 8. The minimum Gasteiger partial charge on any atom is -0.507 e. The number of benzene rings is 3. The molecule has 11 nitrogen and oxygen atoms in total. The number of aromatic hydroxyl groups is 2. The summed E-state index contributed by atoms with van der Waals surface area (Å²) in [5.41, 5.74) is 2.37. The average molecular weight is 696 g/mol. The summed E-state index contributed by atoms with van der Waals surface area (Å²) < 4.78 is 11.1. The van der Waals surface area contributed by atoms with Gasteiger partial charge in [0.05, 0.1) is 13.2 Å². The Hall–Kier alpha value is -5.58. The number of fused-ring (bicyclic) bond motifs is 2. The van der Waals surface area contributed by atoms with Gasteiger partial charge in [0.1, 0.15) is 34.6 Å². The second-order valence-electron chi connectivity index (χ2n) is 12.9. The van der Waals surface area contributed by atoms with E-state index in [4.69, 9.17) is 9.47 Å². The molecule has 0 saturated heterocycles. The van der Waals surface area contributed by atoms with E-state index in [1.165, 1.54) is 20.2 Å². The van der Waals surface area contributed by atoms with E-state index >= 15 is 0 Å². The number of likely N-dealkylation sites (N-methyl/N-ethyl adjacent to an activating group) is 1. The number of phenolic OH excluding ortho intramolecular Hbond substituents is 2. The molecule has 0 fully saturated rings. The second kappa shape index (κ2) is 16.9. The molecule has 268 valence electrons. The Kier molecular flexibility index (Phi) is 12.2. The van der Waals surface area contributed by atoms with Crippen molar-refractivity contribution in [2.75, 3.05) is 14.2 Å². The number of ether oxygens (including phenoxy) is 2. The number of amides is 2. The van der Waals surface area contributed by atoms with Gasteiger partial charge in [-0.25, -0.2) is 4.79 Å². The van der Waals surface area contributed by atoms with E-state index < -0.39 is 35.7 Å². The molecule has 1 aliphatic heterocycles. The summed E-state index contributed by atoms with van der Waals surface area (Å²) >= 11 is 0. The normalized spacial score (nSPS) is 16.7. The molecule has 3 atom stereocenters. The molecule has 1 aliphatic rings. The molecule has 5 N–H and O–H groups in total. The van der Waals surface area contributed by atoms with Crippen LogP contribution in [0.3, 0.4) is 0 Å². The van der Waals surface area contributed by atoms with Gasteiger partial charge in [0.2, 0.25) is 11.8 Å². The van der Waals surface area contributed by atoms with Crippen LogP contribution in [0.15, 0.2) is 66.9 Å². The fourth-order valence-corrected chi connectivity index (χ4v) is 6.58. The first-order valence-corrected chi connectivity index (χ1v) is 17.3. The van der Waals surface area contributed by atoms with Crippen LogP contribution < -0.4 is 15.4 Å². The summed E-state index contributed by atoms with van der Waals surface area (Å²) in [7, 11) is 3.02. The highest BCUT2D eigenvalue weighted by atomic mass is 16.5. The minimum atomic E-state index is -0.951. The predicted octanol–water partition coefficient (Wildman–Crippen LogP) is 6.07. The number of Topliss-reactive ketones (excluding diaryl/α,β-unsaturated/α-hetero) is 1. The molecule has 2 heterocycles. The Morgan fingerprint density at radius 3 is 2.55 bits per heavy atom. The number of phenols is 2. The van der Waals surface area contributed by atoms with Gasteiger partial charge in [-0.2, -0.15) is 0 Å². The number of carbonyl (C=O) groups is 4. The third-order valence-corrected chi connectivity index (χ3v) is 9.30. The summed E-state index contributed by atoms with van der Waals surface area (Å²) in [6, 6.07) is 14.9. The van der Waals surface area contributed by atoms with Crippen molar-refractivity contribution in [1.82, 2.24) is 15.6 Å². The SMILES string of the molecule is CNC(=O)C(Cc1c[nH]c2ccccc12)NC(=O)CC(c1ccc(OC)cc1)c1c(O)cc2c(c1O)C(=O)OC(C)CCCC(=O)CCCC=C2. The molecule has 0 bridgehead atoms. The van der Waals surface area contributed by atoms with Crippen LogP contribution in [0.4, 0.5) is 0 Å². The number of ketones is 1. The summed E-state index contributed by atoms with van der Waals surface area (Å²) in [4.78, 5) is 56.0. The van der Waals surface area contributed by atoms with Crippen molar-refractivity contribution in [2.24, 2.45) is 0 Å². The lowest BCUT2D eigenvalue weighted by Gasteiger charge is -2.24. The molecule has 51 heavy (non-hydrogen) atoms. The van der Waals surface area contributed by atoms with Gasteiger partial charge in [0, 0.05) is 61.3 Å². The maximum Gasteiger partial charge on any atom is 0.342 e. The monoisotopic (exact) mass is 695 g/mol. The van der Waals surface area contributed by atoms with Crippen molar-refractivity contribution in [1.29, 1.82) is 0 Å². The zero-order valence-electron chi connectivity index (χ0n) is 29.2. The third-order valence-electron chi connectivity index (χ3n) is 9.30. The number of hydrogen-bond donors (Lipinski definition) is 5. The summed E-state index contributed by atoms with van der Waals surface area (Å²) in [6.45, 7) is 1.73. The third kappa shape index (κ3) is 8.97. The van der Waals surface area contributed by atoms with Gasteiger partial charge < -0.3 is 35.3 Å². The van der Waals surface area contributed by atoms with Crippen LogP contribution in [-0.4, -0.2) is 65.1 Å². The number of aromatic nitrogens is 1. The second-order valence-corrected chi connectivity index (χ2v) is 12.9. The van der Waals surface area contributed by atoms with Crippen molar-refractivity contribution >= 4 is 40.5 Å². The molecule has 0 radical (unpaired) electrons. The van der Waals surface area contributed by atoms with E-state index in [1.54, 1.807) is 43.3 Å². The Morgan fingerprint density at radius 2 is 1.80 bits per heavy atom. The zero-order valence-corrected chi connectivity index (χ0v) is 29.2. The number of rotatable bonds is 9. The topological polar surface area (TPSA) is 167 Å². The maximum atomic E-state index is 13.9. The van der Waals surface area contributed by atoms with Gasteiger partial charge in [-0.05, 0) is 73.6 Å². The smallest absolute Gasteiger partial charge is 0.342 e. The molecule has 5 rings (SSSR count). The number of H-pyrrole nitrogens is 1. The first kappa shape index (κ1) is 36.7. The Morgan fingerprint density at radius 1 is 1.06 bits per heavy atom. The Bertz CT molecular complexity index is 1910. The molecule has 1 aromatic heterocycles. The highest BCUT2D eigenvalue weighted by Gasteiger charge is 2.32. The summed E-state index contributed by atoms with van der Waals surface area (Å²) in [5, 5.41) is 29.8. The molecule has 3 unspecified atom stereocenters. The van der Waals surface area contributed by atoms with Crippen LogP contribution in [0.5, 0.6) is 17.2 Å². The van der Waals surface area contributed by atoms with E-state index in [1.807, 2.05) is 30.5 Å². The molecule has 4 aromatic rings. The van der Waals surface area contributed by atoms with Crippen molar-refractivity contribution in [3.8, 4) is 17.2 Å². The lowest BCUT2D eigenvalue weighted by molar-refractivity contribution is -0.128. The fourth-order valence-electron chi connectivity index (χ4n) is 6.58. The zero-order chi connectivity index (χ0) is 36.5. The number of aromatic amines is 1. The molecular weight excluding hydrogens is 650 g/mol. The lowest BCUT2D eigenvalue weighted by Crippen LogP contribution is -2.47. The van der Waals surface area contributed by atoms with E-state index in [9.17, 15) is 29.4 Å². The molecule has 0 saturated carbocycles. The van der Waals surface area contributed by atoms with Crippen LogP contribution in [0.25, 0.3) is 17.0 Å². The molecule has 0 spiro atoms. The van der Waals surface area contributed by atoms with Crippen LogP contribution in [0.2, 0.25) is 0 Å². The quantitative estimate of drug-likeness (QED) is 0.132. The fraction of sp³-hybridized carbons (Fsp3) is 0.350. The highest BCUT2D eigenvalue weighted by molar-refractivity contribution is 5.98. The van der Waals surface area contributed by atoms with Crippen molar-refractivity contribution in [3.05, 3.63) is 94.7 Å². The molecule has 2 amide bonds. The lowest BCUT2D eigenvalue weighted by atomic mass is 9.84.